The van der Waals surface area contributed by atoms with E-state index in [1.807, 2.05) is 11.4 Å². The molecule has 0 saturated carbocycles. The highest BCUT2D eigenvalue weighted by atomic mass is 32.2. The summed E-state index contributed by atoms with van der Waals surface area (Å²) >= 11 is 8.15. The van der Waals surface area contributed by atoms with E-state index in [0.717, 1.165) is 17.4 Å². The molecule has 2 aromatic rings. The van der Waals surface area contributed by atoms with Crippen LogP contribution in [0.2, 0.25) is 0 Å². The number of hydrogen-bond acceptors (Lipinski definition) is 5. The van der Waals surface area contributed by atoms with Crippen LogP contribution < -0.4 is 10.6 Å². The van der Waals surface area contributed by atoms with Crippen LogP contribution in [0.1, 0.15) is 22.5 Å². The van der Waals surface area contributed by atoms with E-state index < -0.39 is 0 Å². The van der Waals surface area contributed by atoms with Gasteiger partial charge in [-0.05, 0) is 48.6 Å². The average Bonchev–Trinajstić information content (AvgIpc) is 3.35. The van der Waals surface area contributed by atoms with Crippen LogP contribution in [0.5, 0.6) is 0 Å². The van der Waals surface area contributed by atoms with Crippen LogP contribution in [0.25, 0.3) is 0 Å². The van der Waals surface area contributed by atoms with Crippen LogP contribution in [0.3, 0.4) is 0 Å². The van der Waals surface area contributed by atoms with E-state index in [9.17, 15) is 9.59 Å². The summed E-state index contributed by atoms with van der Waals surface area (Å²) in [6.07, 6.45) is 2.34. The quantitative estimate of drug-likeness (QED) is 0.735. The highest BCUT2D eigenvalue weighted by molar-refractivity contribution is 8.23. The van der Waals surface area contributed by atoms with Crippen molar-refractivity contribution in [1.29, 1.82) is 0 Å². The van der Waals surface area contributed by atoms with Crippen molar-refractivity contribution < 1.29 is 9.59 Å². The Morgan fingerprint density at radius 2 is 1.73 bits per heavy atom. The molecule has 3 rings (SSSR count). The highest BCUT2D eigenvalue weighted by Crippen LogP contribution is 2.18. The third-order valence-corrected chi connectivity index (χ3v) is 6.25. The number of benzene rings is 1. The molecule has 2 N–H and O–H groups in total. The zero-order valence-electron chi connectivity index (χ0n) is 14.1. The molecule has 2 amide bonds. The van der Waals surface area contributed by atoms with Crippen molar-refractivity contribution >= 4 is 62.8 Å². The molecule has 1 aliphatic heterocycles. The van der Waals surface area contributed by atoms with Gasteiger partial charge in [-0.3, -0.25) is 9.59 Å². The molecule has 1 fully saturated rings. The average molecular weight is 406 g/mol. The Morgan fingerprint density at radius 3 is 2.35 bits per heavy atom. The molecule has 0 atom stereocenters. The number of hydrogen-bond donors (Lipinski definition) is 2. The topological polar surface area (TPSA) is 61.4 Å². The summed E-state index contributed by atoms with van der Waals surface area (Å²) in [5.74, 6) is 0.0715. The largest absolute Gasteiger partial charge is 0.358 e. The molecule has 26 heavy (non-hydrogen) atoms. The minimum Gasteiger partial charge on any atom is -0.358 e. The molecular formula is C18H19N3O2S3. The van der Waals surface area contributed by atoms with E-state index in [2.05, 4.69) is 15.5 Å². The number of thiocarbonyl (C=S) groups is 1. The highest BCUT2D eigenvalue weighted by Gasteiger charge is 2.16. The van der Waals surface area contributed by atoms with Crippen molar-refractivity contribution in [2.24, 2.45) is 0 Å². The fourth-order valence-corrected chi connectivity index (χ4v) is 4.22. The number of likely N-dealkylation sites (tertiary alicyclic amines) is 1. The molecule has 1 aromatic carbocycles. The number of carbonyl (C=O) groups is 2. The first-order chi connectivity index (χ1) is 12.6. The van der Waals surface area contributed by atoms with E-state index >= 15 is 0 Å². The number of thioether (sulfide) groups is 1. The summed E-state index contributed by atoms with van der Waals surface area (Å²) in [5, 5.41) is 7.54. The molecule has 1 aliphatic rings. The number of thiophene rings is 1. The van der Waals surface area contributed by atoms with Gasteiger partial charge in [0.25, 0.3) is 5.91 Å². The first-order valence-corrected chi connectivity index (χ1v) is 10.6. The molecule has 8 heteroatoms. The predicted octanol–water partition coefficient (Wildman–Crippen LogP) is 4.05. The minimum atomic E-state index is -0.136. The lowest BCUT2D eigenvalue weighted by Gasteiger charge is -2.17. The summed E-state index contributed by atoms with van der Waals surface area (Å²) in [5.41, 5.74) is 1.38. The molecule has 0 bridgehead atoms. The van der Waals surface area contributed by atoms with Crippen LogP contribution in [0.4, 0.5) is 11.4 Å². The van der Waals surface area contributed by atoms with Crippen LogP contribution in [-0.4, -0.2) is 39.9 Å². The van der Waals surface area contributed by atoms with Crippen molar-refractivity contribution in [3.05, 3.63) is 46.7 Å². The summed E-state index contributed by atoms with van der Waals surface area (Å²) in [7, 11) is 0. The SMILES string of the molecule is O=C(CSC(=S)N1CCCC1)Nc1ccc(NC(=O)c2cccs2)cc1. The van der Waals surface area contributed by atoms with Crippen LogP contribution >= 0.6 is 35.3 Å². The lowest BCUT2D eigenvalue weighted by Crippen LogP contribution is -2.25. The van der Waals surface area contributed by atoms with Crippen LogP contribution in [0.15, 0.2) is 41.8 Å². The van der Waals surface area contributed by atoms with Gasteiger partial charge in [-0.15, -0.1) is 11.3 Å². The Bertz CT molecular complexity index is 769. The smallest absolute Gasteiger partial charge is 0.265 e. The Hall–Kier alpha value is -1.90. The van der Waals surface area contributed by atoms with Crippen molar-refractivity contribution in [1.82, 2.24) is 4.90 Å². The van der Waals surface area contributed by atoms with Crippen LogP contribution in [0, 0.1) is 0 Å². The lowest BCUT2D eigenvalue weighted by atomic mass is 10.2. The van der Waals surface area contributed by atoms with Gasteiger partial charge in [-0.1, -0.05) is 30.0 Å². The number of nitrogens with zero attached hydrogens (tertiary/aromatic N) is 1. The van der Waals surface area contributed by atoms with Crippen molar-refractivity contribution in [2.75, 3.05) is 29.5 Å². The van der Waals surface area contributed by atoms with E-state index in [1.165, 1.54) is 35.9 Å². The summed E-state index contributed by atoms with van der Waals surface area (Å²) < 4.78 is 0.796. The molecule has 0 aliphatic carbocycles. The molecule has 1 saturated heterocycles. The Labute approximate surface area is 166 Å². The first kappa shape index (κ1) is 18.9. The maximum absolute atomic E-state index is 12.1. The lowest BCUT2D eigenvalue weighted by molar-refractivity contribution is -0.113. The van der Waals surface area contributed by atoms with Crippen LogP contribution in [-0.2, 0) is 4.79 Å². The zero-order valence-corrected chi connectivity index (χ0v) is 16.5. The standard InChI is InChI=1S/C18H19N3O2S3/c22-16(12-26-18(24)21-9-1-2-10-21)19-13-5-7-14(8-6-13)20-17(23)15-4-3-11-25-15/h3-8,11H,1-2,9-10,12H2,(H,19,22)(H,20,23). The van der Waals surface area contributed by atoms with Crippen molar-refractivity contribution in [2.45, 2.75) is 12.8 Å². The first-order valence-electron chi connectivity index (χ1n) is 8.28. The maximum atomic E-state index is 12.1. The number of rotatable bonds is 5. The minimum absolute atomic E-state index is 0.0908. The molecule has 2 heterocycles. The van der Waals surface area contributed by atoms with Crippen molar-refractivity contribution in [3.63, 3.8) is 0 Å². The van der Waals surface area contributed by atoms with Gasteiger partial charge in [0.2, 0.25) is 5.91 Å². The summed E-state index contributed by atoms with van der Waals surface area (Å²) in [6.45, 7) is 1.98. The van der Waals surface area contributed by atoms with Gasteiger partial charge in [0.05, 0.1) is 10.6 Å². The second-order valence-electron chi connectivity index (χ2n) is 5.81. The molecule has 1 aromatic heterocycles. The third kappa shape index (κ3) is 5.30. The monoisotopic (exact) mass is 405 g/mol. The molecule has 5 nitrogen and oxygen atoms in total. The number of amides is 2. The van der Waals surface area contributed by atoms with Gasteiger partial charge >= 0.3 is 0 Å². The summed E-state index contributed by atoms with van der Waals surface area (Å²) in [6, 6.07) is 10.7. The molecule has 136 valence electrons. The van der Waals surface area contributed by atoms with E-state index in [-0.39, 0.29) is 11.8 Å². The van der Waals surface area contributed by atoms with Gasteiger partial charge in [0, 0.05) is 24.5 Å². The fourth-order valence-electron chi connectivity index (χ4n) is 2.55. The Morgan fingerprint density at radius 1 is 1.08 bits per heavy atom. The van der Waals surface area contributed by atoms with E-state index in [4.69, 9.17) is 12.2 Å². The second-order valence-corrected chi connectivity index (χ2v) is 8.36. The molecular weight excluding hydrogens is 386 g/mol. The zero-order chi connectivity index (χ0) is 18.4. The maximum Gasteiger partial charge on any atom is 0.265 e. The van der Waals surface area contributed by atoms with Gasteiger partial charge in [-0.25, -0.2) is 0 Å². The van der Waals surface area contributed by atoms with Gasteiger partial charge in [-0.2, -0.15) is 0 Å². The van der Waals surface area contributed by atoms with E-state index in [0.29, 0.717) is 22.0 Å². The summed E-state index contributed by atoms with van der Waals surface area (Å²) in [4.78, 5) is 26.9. The van der Waals surface area contributed by atoms with Gasteiger partial charge in [0.15, 0.2) is 0 Å². The normalized spacial score (nSPS) is 13.5. The predicted molar refractivity (Wildman–Crippen MR) is 113 cm³/mol. The fraction of sp³-hybridized carbons (Fsp3) is 0.278. The molecule has 0 unspecified atom stereocenters. The number of nitrogens with one attached hydrogen (secondary N) is 2. The number of anilines is 2. The third-order valence-electron chi connectivity index (χ3n) is 3.86. The van der Waals surface area contributed by atoms with E-state index in [1.54, 1.807) is 30.3 Å². The van der Waals surface area contributed by atoms with Crippen molar-refractivity contribution in [3.8, 4) is 0 Å². The van der Waals surface area contributed by atoms with Gasteiger partial charge < -0.3 is 15.5 Å². The molecule has 0 spiro atoms. The van der Waals surface area contributed by atoms with Gasteiger partial charge in [0.1, 0.15) is 4.32 Å². The number of carbonyl (C=O) groups excluding carboxylic acids is 2. The second kappa shape index (κ2) is 9.16. The Kier molecular flexibility index (Phi) is 6.65. The Balaban J connectivity index is 1.45. The molecule has 0 radical (unpaired) electrons.